The summed E-state index contributed by atoms with van der Waals surface area (Å²) in [5.41, 5.74) is 0. The van der Waals surface area contributed by atoms with Gasteiger partial charge in [-0.15, -0.1) is 11.6 Å². The van der Waals surface area contributed by atoms with Gasteiger partial charge in [0.15, 0.2) is 0 Å². The fraction of sp³-hybridized carbons (Fsp3) is 1.00. The summed E-state index contributed by atoms with van der Waals surface area (Å²) in [4.78, 5) is 0. The lowest BCUT2D eigenvalue weighted by atomic mass is 10.5. The maximum Gasteiger partial charge on any atom is 0.502 e. The molecule has 0 spiro atoms. The van der Waals surface area contributed by atoms with Gasteiger partial charge in [0, 0.05) is 31.2 Å². The summed E-state index contributed by atoms with van der Waals surface area (Å²) in [7, 11) is -2.55. The lowest BCUT2D eigenvalue weighted by Crippen LogP contribution is -2.48. The van der Waals surface area contributed by atoms with Crippen LogP contribution in [0, 0.1) is 0 Å². The second-order valence-electron chi connectivity index (χ2n) is 4.21. The molecule has 0 amide bonds. The van der Waals surface area contributed by atoms with Crippen molar-refractivity contribution < 1.29 is 13.3 Å². The van der Waals surface area contributed by atoms with Crippen LogP contribution in [0.15, 0.2) is 0 Å². The van der Waals surface area contributed by atoms with E-state index < -0.39 is 8.80 Å². The van der Waals surface area contributed by atoms with Crippen LogP contribution >= 0.6 is 11.6 Å². The first-order valence-corrected chi connectivity index (χ1v) is 9.03. The van der Waals surface area contributed by atoms with Crippen LogP contribution in [0.3, 0.4) is 0 Å². The molecule has 0 radical (unpaired) electrons. The van der Waals surface area contributed by atoms with Gasteiger partial charge in [0.05, 0.1) is 0 Å². The molecule has 0 aliphatic heterocycles. The summed E-state index contributed by atoms with van der Waals surface area (Å²) in [5, 5.41) is 0.0206. The highest BCUT2D eigenvalue weighted by Gasteiger charge is 2.42. The molecule has 0 saturated heterocycles. The van der Waals surface area contributed by atoms with Crippen molar-refractivity contribution >= 4 is 20.4 Å². The topological polar surface area (TPSA) is 27.7 Å². The number of halogens is 1. The first-order valence-electron chi connectivity index (χ1n) is 6.66. The summed E-state index contributed by atoms with van der Waals surface area (Å²) in [5.74, 6) is 0. The van der Waals surface area contributed by atoms with Gasteiger partial charge < -0.3 is 13.3 Å². The maximum absolute atomic E-state index is 6.09. The normalized spacial score (nSPS) is 13.9. The molecule has 1 unspecified atom stereocenters. The van der Waals surface area contributed by atoms with E-state index in [2.05, 4.69) is 20.8 Å². The molecule has 3 nitrogen and oxygen atoms in total. The number of hydrogen-bond acceptors (Lipinski definition) is 3. The maximum atomic E-state index is 6.09. The molecule has 0 aliphatic rings. The molecule has 17 heavy (non-hydrogen) atoms. The van der Waals surface area contributed by atoms with E-state index in [1.165, 1.54) is 0 Å². The van der Waals surface area contributed by atoms with Crippen molar-refractivity contribution in [1.29, 1.82) is 0 Å². The molecule has 104 valence electrons. The van der Waals surface area contributed by atoms with Gasteiger partial charge in [0.25, 0.3) is 0 Å². The highest BCUT2D eigenvalue weighted by atomic mass is 35.5. The molecule has 5 heteroatoms. The monoisotopic (exact) mass is 282 g/mol. The number of alkyl halides is 1. The van der Waals surface area contributed by atoms with Gasteiger partial charge in [0.2, 0.25) is 0 Å². The van der Waals surface area contributed by atoms with Crippen molar-refractivity contribution in [3.8, 4) is 0 Å². The van der Waals surface area contributed by atoms with Crippen molar-refractivity contribution in [1.82, 2.24) is 0 Å². The van der Waals surface area contributed by atoms with E-state index in [0.29, 0.717) is 25.9 Å². The zero-order valence-electron chi connectivity index (χ0n) is 11.6. The molecule has 0 saturated carbocycles. The van der Waals surface area contributed by atoms with E-state index in [1.54, 1.807) is 0 Å². The fourth-order valence-corrected chi connectivity index (χ4v) is 4.82. The summed E-state index contributed by atoms with van der Waals surface area (Å²) < 4.78 is 17.7. The van der Waals surface area contributed by atoms with Crippen molar-refractivity contribution in [2.45, 2.75) is 58.4 Å². The summed E-state index contributed by atoms with van der Waals surface area (Å²) in [6, 6.07) is 0.689. The van der Waals surface area contributed by atoms with Crippen molar-refractivity contribution in [3.63, 3.8) is 0 Å². The van der Waals surface area contributed by atoms with Crippen LogP contribution < -0.4 is 0 Å². The molecule has 0 rings (SSSR count). The Morgan fingerprint density at radius 1 is 0.882 bits per heavy atom. The number of hydrogen-bond donors (Lipinski definition) is 0. The second kappa shape index (κ2) is 10.3. The van der Waals surface area contributed by atoms with E-state index >= 15 is 0 Å². The molecule has 1 atom stereocenters. The van der Waals surface area contributed by atoms with Crippen molar-refractivity contribution in [2.24, 2.45) is 0 Å². The van der Waals surface area contributed by atoms with E-state index in [1.807, 2.05) is 6.92 Å². The quantitative estimate of drug-likeness (QED) is 0.426. The highest BCUT2D eigenvalue weighted by molar-refractivity contribution is 6.61. The molecule has 0 bridgehead atoms. The average Bonchev–Trinajstić information content (AvgIpc) is 2.30. The van der Waals surface area contributed by atoms with Crippen molar-refractivity contribution in [2.75, 3.05) is 19.8 Å². The lowest BCUT2D eigenvalue weighted by Gasteiger charge is -2.30. The van der Waals surface area contributed by atoms with E-state index in [0.717, 1.165) is 19.3 Å². The van der Waals surface area contributed by atoms with E-state index in [9.17, 15) is 0 Å². The first-order chi connectivity index (χ1) is 8.10. The minimum Gasteiger partial charge on any atom is -0.373 e. The molecule has 0 aromatic carbocycles. The third-order valence-corrected chi connectivity index (χ3v) is 5.57. The average molecular weight is 283 g/mol. The minimum absolute atomic E-state index is 0.0206. The van der Waals surface area contributed by atoms with Crippen LogP contribution in [-0.2, 0) is 13.3 Å². The molecule has 0 aromatic rings. The molecule has 0 heterocycles. The lowest BCUT2D eigenvalue weighted by molar-refractivity contribution is 0.0593. The van der Waals surface area contributed by atoms with E-state index in [-0.39, 0.29) is 5.38 Å². The first kappa shape index (κ1) is 17.4. The van der Waals surface area contributed by atoms with Crippen LogP contribution in [-0.4, -0.2) is 34.0 Å². The molecular formula is C12H27ClO3Si. The van der Waals surface area contributed by atoms with Crippen LogP contribution in [0.1, 0.15) is 47.0 Å². The predicted molar refractivity (Wildman–Crippen MR) is 74.6 cm³/mol. The molecule has 0 N–H and O–H groups in total. The molecule has 0 aliphatic carbocycles. The Morgan fingerprint density at radius 2 is 1.24 bits per heavy atom. The third-order valence-electron chi connectivity index (χ3n) is 2.11. The van der Waals surface area contributed by atoms with Gasteiger partial charge in [-0.3, -0.25) is 0 Å². The summed E-state index contributed by atoms with van der Waals surface area (Å²) in [6.45, 7) is 10.3. The Kier molecular flexibility index (Phi) is 10.6. The highest BCUT2D eigenvalue weighted by Crippen LogP contribution is 2.21. The van der Waals surface area contributed by atoms with Gasteiger partial charge in [-0.05, 0) is 26.2 Å². The van der Waals surface area contributed by atoms with Crippen LogP contribution in [0.5, 0.6) is 0 Å². The van der Waals surface area contributed by atoms with Gasteiger partial charge in [-0.1, -0.05) is 20.8 Å². The molecule has 0 fully saturated rings. The smallest absolute Gasteiger partial charge is 0.373 e. The van der Waals surface area contributed by atoms with Crippen LogP contribution in [0.2, 0.25) is 6.04 Å². The molecule has 0 aromatic heterocycles. The summed E-state index contributed by atoms with van der Waals surface area (Å²) in [6.07, 6.45) is 2.91. The fourth-order valence-electron chi connectivity index (χ4n) is 1.42. The Hall–Kier alpha value is 0.387. The predicted octanol–water partition coefficient (Wildman–Crippen LogP) is 3.83. The Bertz CT molecular complexity index is 157. The Morgan fingerprint density at radius 3 is 1.47 bits per heavy atom. The van der Waals surface area contributed by atoms with Gasteiger partial charge in [0.1, 0.15) is 0 Å². The summed E-state index contributed by atoms with van der Waals surface area (Å²) >= 11 is 6.09. The Labute approximate surface area is 112 Å². The second-order valence-corrected chi connectivity index (χ2v) is 7.60. The largest absolute Gasteiger partial charge is 0.502 e. The molecular weight excluding hydrogens is 256 g/mol. The van der Waals surface area contributed by atoms with E-state index in [4.69, 9.17) is 24.9 Å². The van der Waals surface area contributed by atoms with Crippen LogP contribution in [0.25, 0.3) is 0 Å². The SMILES string of the molecule is CCCO[Si](CC(C)Cl)(OCCC)OCCC. The van der Waals surface area contributed by atoms with Gasteiger partial charge >= 0.3 is 8.80 Å². The third kappa shape index (κ3) is 8.16. The Balaban J connectivity index is 4.51. The zero-order valence-corrected chi connectivity index (χ0v) is 13.4. The standard InChI is InChI=1S/C12H27ClO3Si/c1-5-8-14-17(11-12(4)13,15-9-6-2)16-10-7-3/h12H,5-11H2,1-4H3. The number of rotatable bonds is 11. The van der Waals surface area contributed by atoms with Gasteiger partial charge in [-0.25, -0.2) is 0 Å². The minimum atomic E-state index is -2.55. The van der Waals surface area contributed by atoms with Gasteiger partial charge in [-0.2, -0.15) is 0 Å². The van der Waals surface area contributed by atoms with Crippen molar-refractivity contribution in [3.05, 3.63) is 0 Å². The van der Waals surface area contributed by atoms with Crippen LogP contribution in [0.4, 0.5) is 0 Å². The zero-order chi connectivity index (χ0) is 13.1.